The Labute approximate surface area is 118 Å². The molecule has 1 saturated heterocycles. The average Bonchev–Trinajstić information content (AvgIpc) is 2.39. The van der Waals surface area contributed by atoms with E-state index < -0.39 is 0 Å². The lowest BCUT2D eigenvalue weighted by atomic mass is 10.1. The summed E-state index contributed by atoms with van der Waals surface area (Å²) >= 11 is 7.94. The van der Waals surface area contributed by atoms with Crippen LogP contribution < -0.4 is 0 Å². The van der Waals surface area contributed by atoms with Crippen LogP contribution in [0.25, 0.3) is 0 Å². The molecule has 0 aromatic heterocycles. The summed E-state index contributed by atoms with van der Waals surface area (Å²) in [5.41, 5.74) is 0. The number of likely N-dealkylation sites (tertiary alicyclic amines) is 1. The van der Waals surface area contributed by atoms with Crippen LogP contribution in [-0.4, -0.2) is 41.5 Å². The van der Waals surface area contributed by atoms with Crippen LogP contribution in [0.3, 0.4) is 0 Å². The molecule has 0 radical (unpaired) electrons. The normalized spacial score (nSPS) is 18.1. The summed E-state index contributed by atoms with van der Waals surface area (Å²) in [5, 5.41) is 10.3. The highest BCUT2D eigenvalue weighted by Crippen LogP contribution is 2.27. The highest BCUT2D eigenvalue weighted by Gasteiger charge is 2.15. The molecule has 4 heteroatoms. The van der Waals surface area contributed by atoms with Gasteiger partial charge in [0.05, 0.1) is 11.1 Å². The number of hydrogen-bond donors (Lipinski definition) is 1. The van der Waals surface area contributed by atoms with E-state index >= 15 is 0 Å². The van der Waals surface area contributed by atoms with E-state index in [2.05, 4.69) is 11.0 Å². The molecule has 1 fully saturated rings. The van der Waals surface area contributed by atoms with Gasteiger partial charge >= 0.3 is 0 Å². The lowest BCUT2D eigenvalue weighted by molar-refractivity contribution is 0.0828. The van der Waals surface area contributed by atoms with E-state index in [0.717, 1.165) is 43.3 Å². The summed E-state index contributed by atoms with van der Waals surface area (Å²) in [4.78, 5) is 3.62. The maximum atomic E-state index is 9.43. The predicted octanol–water partition coefficient (Wildman–Crippen LogP) is 3.28. The van der Waals surface area contributed by atoms with Crippen molar-refractivity contribution in [3.63, 3.8) is 0 Å². The van der Waals surface area contributed by atoms with Crippen LogP contribution in [0.4, 0.5) is 0 Å². The number of piperidine rings is 1. The number of aliphatic hydroxyl groups excluding tert-OH is 1. The Kier molecular flexibility index (Phi) is 5.83. The van der Waals surface area contributed by atoms with E-state index in [-0.39, 0.29) is 6.10 Å². The van der Waals surface area contributed by atoms with E-state index in [1.54, 1.807) is 0 Å². The Morgan fingerprint density at radius 3 is 2.72 bits per heavy atom. The van der Waals surface area contributed by atoms with Crippen molar-refractivity contribution < 1.29 is 5.11 Å². The summed E-state index contributed by atoms with van der Waals surface area (Å²) < 4.78 is 0. The lowest BCUT2D eigenvalue weighted by Gasteiger charge is -2.29. The van der Waals surface area contributed by atoms with Gasteiger partial charge in [-0.15, -0.1) is 11.8 Å². The summed E-state index contributed by atoms with van der Waals surface area (Å²) in [6, 6.07) is 8.01. The number of hydrogen-bond acceptors (Lipinski definition) is 3. The van der Waals surface area contributed by atoms with Crippen LogP contribution in [0.15, 0.2) is 29.2 Å². The Morgan fingerprint density at radius 1 is 1.28 bits per heavy atom. The first-order chi connectivity index (χ1) is 8.75. The zero-order chi connectivity index (χ0) is 12.8. The fourth-order valence-corrected chi connectivity index (χ4v) is 3.35. The van der Waals surface area contributed by atoms with E-state index in [0.29, 0.717) is 0 Å². The largest absolute Gasteiger partial charge is 0.393 e. The number of halogens is 1. The molecular weight excluding hydrogens is 266 g/mol. The van der Waals surface area contributed by atoms with Crippen LogP contribution in [0.1, 0.15) is 19.3 Å². The van der Waals surface area contributed by atoms with Crippen LogP contribution >= 0.6 is 23.4 Å². The molecule has 0 unspecified atom stereocenters. The van der Waals surface area contributed by atoms with Crippen molar-refractivity contribution >= 4 is 23.4 Å². The van der Waals surface area contributed by atoms with Gasteiger partial charge in [0.2, 0.25) is 0 Å². The summed E-state index contributed by atoms with van der Waals surface area (Å²) in [7, 11) is 0. The van der Waals surface area contributed by atoms with E-state index in [1.165, 1.54) is 11.3 Å². The van der Waals surface area contributed by atoms with Crippen LogP contribution in [0, 0.1) is 0 Å². The van der Waals surface area contributed by atoms with E-state index in [4.69, 9.17) is 11.6 Å². The fourth-order valence-electron chi connectivity index (χ4n) is 2.18. The third-order valence-electron chi connectivity index (χ3n) is 3.27. The number of aliphatic hydroxyl groups is 1. The Bertz CT molecular complexity index is 367. The molecule has 1 N–H and O–H groups in total. The molecule has 0 amide bonds. The molecule has 100 valence electrons. The smallest absolute Gasteiger partial charge is 0.0564 e. The van der Waals surface area contributed by atoms with E-state index in [9.17, 15) is 5.11 Å². The highest BCUT2D eigenvalue weighted by atomic mass is 35.5. The SMILES string of the molecule is OC1CCN(CCCSc2ccccc2Cl)CC1. The molecule has 1 aromatic carbocycles. The van der Waals surface area contributed by atoms with Crippen molar-refractivity contribution in [3.05, 3.63) is 29.3 Å². The zero-order valence-corrected chi connectivity index (χ0v) is 12.1. The minimum Gasteiger partial charge on any atom is -0.393 e. The number of nitrogens with zero attached hydrogens (tertiary/aromatic N) is 1. The quantitative estimate of drug-likeness (QED) is 0.663. The second kappa shape index (κ2) is 7.39. The van der Waals surface area contributed by atoms with Gasteiger partial charge in [-0.05, 0) is 43.7 Å². The molecule has 2 rings (SSSR count). The average molecular weight is 286 g/mol. The van der Waals surface area contributed by atoms with Gasteiger partial charge < -0.3 is 10.0 Å². The van der Waals surface area contributed by atoms with Gasteiger partial charge in [-0.3, -0.25) is 0 Å². The second-order valence-electron chi connectivity index (χ2n) is 4.71. The van der Waals surface area contributed by atoms with Gasteiger partial charge in [-0.25, -0.2) is 0 Å². The monoisotopic (exact) mass is 285 g/mol. The van der Waals surface area contributed by atoms with Crippen LogP contribution in [-0.2, 0) is 0 Å². The molecule has 2 nitrogen and oxygen atoms in total. The van der Waals surface area contributed by atoms with E-state index in [1.807, 2.05) is 30.0 Å². The lowest BCUT2D eigenvalue weighted by Crippen LogP contribution is -2.36. The molecule has 1 aliphatic heterocycles. The van der Waals surface area contributed by atoms with Gasteiger partial charge in [0, 0.05) is 18.0 Å². The third-order valence-corrected chi connectivity index (χ3v) is 4.87. The Balaban J connectivity index is 1.63. The van der Waals surface area contributed by atoms with Crippen molar-refractivity contribution in [2.45, 2.75) is 30.3 Å². The molecule has 0 bridgehead atoms. The molecular formula is C14H20ClNOS. The molecule has 0 saturated carbocycles. The molecule has 0 spiro atoms. The minimum atomic E-state index is -0.0706. The summed E-state index contributed by atoms with van der Waals surface area (Å²) in [6.45, 7) is 3.21. The third kappa shape index (κ3) is 4.47. The summed E-state index contributed by atoms with van der Waals surface area (Å²) in [5.74, 6) is 1.10. The molecule has 18 heavy (non-hydrogen) atoms. The van der Waals surface area contributed by atoms with Gasteiger partial charge in [-0.2, -0.15) is 0 Å². The van der Waals surface area contributed by atoms with Gasteiger partial charge in [0.15, 0.2) is 0 Å². The first-order valence-corrected chi connectivity index (χ1v) is 7.90. The minimum absolute atomic E-state index is 0.0706. The fraction of sp³-hybridized carbons (Fsp3) is 0.571. The number of benzene rings is 1. The van der Waals surface area contributed by atoms with Crippen molar-refractivity contribution in [1.29, 1.82) is 0 Å². The highest BCUT2D eigenvalue weighted by molar-refractivity contribution is 7.99. The Hall–Kier alpha value is -0.220. The van der Waals surface area contributed by atoms with Crippen LogP contribution in [0.5, 0.6) is 0 Å². The maximum Gasteiger partial charge on any atom is 0.0564 e. The summed E-state index contributed by atoms with van der Waals surface area (Å²) in [6.07, 6.45) is 2.96. The predicted molar refractivity (Wildman–Crippen MR) is 78.5 cm³/mol. The standard InChI is InChI=1S/C14H20ClNOS/c15-13-4-1-2-5-14(13)18-11-3-8-16-9-6-12(17)7-10-16/h1-2,4-5,12,17H,3,6-11H2. The molecule has 1 aliphatic rings. The van der Waals surface area contributed by atoms with Gasteiger partial charge in [0.25, 0.3) is 0 Å². The molecule has 0 aliphatic carbocycles. The first-order valence-electron chi connectivity index (χ1n) is 6.53. The molecule has 1 heterocycles. The van der Waals surface area contributed by atoms with Crippen molar-refractivity contribution in [3.8, 4) is 0 Å². The topological polar surface area (TPSA) is 23.5 Å². The van der Waals surface area contributed by atoms with Crippen molar-refractivity contribution in [2.75, 3.05) is 25.4 Å². The second-order valence-corrected chi connectivity index (χ2v) is 6.25. The first kappa shape index (κ1) is 14.2. The van der Waals surface area contributed by atoms with Crippen LogP contribution in [0.2, 0.25) is 5.02 Å². The maximum absolute atomic E-state index is 9.43. The Morgan fingerprint density at radius 2 is 2.00 bits per heavy atom. The van der Waals surface area contributed by atoms with Crippen molar-refractivity contribution in [2.24, 2.45) is 0 Å². The molecule has 0 atom stereocenters. The number of rotatable bonds is 5. The van der Waals surface area contributed by atoms with Gasteiger partial charge in [-0.1, -0.05) is 23.7 Å². The van der Waals surface area contributed by atoms with Gasteiger partial charge in [0.1, 0.15) is 0 Å². The molecule has 1 aromatic rings. The number of thioether (sulfide) groups is 1. The zero-order valence-electron chi connectivity index (χ0n) is 10.5. The van der Waals surface area contributed by atoms with Crippen molar-refractivity contribution in [1.82, 2.24) is 4.90 Å².